The van der Waals surface area contributed by atoms with Crippen molar-refractivity contribution in [3.05, 3.63) is 64.1 Å². The molecule has 0 bridgehead atoms. The maximum absolute atomic E-state index is 12.8. The number of hydrogen-bond donors (Lipinski definition) is 2. The van der Waals surface area contributed by atoms with Gasteiger partial charge in [-0.3, -0.25) is 4.57 Å². The van der Waals surface area contributed by atoms with Gasteiger partial charge in [0.2, 0.25) is 0 Å². The number of carbonyl (C=O) groups excluding carboxylic acids is 1. The molecule has 1 aliphatic heterocycles. The summed E-state index contributed by atoms with van der Waals surface area (Å²) in [5.74, 6) is 0. The van der Waals surface area contributed by atoms with Crippen molar-refractivity contribution < 1.29 is 4.79 Å². The van der Waals surface area contributed by atoms with Crippen LogP contribution in [0.1, 0.15) is 36.4 Å². The molecule has 1 fully saturated rings. The Balaban J connectivity index is 1.28. The number of piperidine rings is 1. The number of nitrogens with one attached hydrogen (secondary N) is 2. The normalized spacial score (nSPS) is 17.1. The van der Waals surface area contributed by atoms with E-state index in [9.17, 15) is 9.59 Å². The topological polar surface area (TPSA) is 70.1 Å². The summed E-state index contributed by atoms with van der Waals surface area (Å²) >= 11 is 0. The Morgan fingerprint density at radius 2 is 1.86 bits per heavy atom. The van der Waals surface area contributed by atoms with Crippen molar-refractivity contribution in [3.8, 4) is 0 Å². The Labute approximate surface area is 163 Å². The highest BCUT2D eigenvalue weighted by Gasteiger charge is 2.26. The molecular weight excluding hydrogens is 352 g/mol. The van der Waals surface area contributed by atoms with Crippen molar-refractivity contribution in [2.24, 2.45) is 0 Å². The van der Waals surface area contributed by atoms with Crippen molar-refractivity contribution in [1.29, 1.82) is 0 Å². The van der Waals surface area contributed by atoms with Gasteiger partial charge in [0.1, 0.15) is 0 Å². The standard InChI is InChI=1S/C22H24N4O2/c27-21(23-18-9-4-6-15-5-3-7-17(15)18)25-13-11-16(12-14-25)26-20-10-2-1-8-19(20)24-22(26)28/h1-2,4,6,8-10,16H,3,5,7,11-14H2,(H,23,27)(H,24,28). The second-order valence-electron chi connectivity index (χ2n) is 7.76. The van der Waals surface area contributed by atoms with Crippen LogP contribution >= 0.6 is 0 Å². The first-order valence-electron chi connectivity index (χ1n) is 10.1. The summed E-state index contributed by atoms with van der Waals surface area (Å²) in [6.45, 7) is 1.30. The SMILES string of the molecule is O=C(Nc1cccc2c1CCC2)N1CCC(n2c(=O)[nH]c3ccccc32)CC1. The molecular formula is C22H24N4O2. The quantitative estimate of drug-likeness (QED) is 0.716. The summed E-state index contributed by atoms with van der Waals surface area (Å²) in [6, 6.07) is 14.0. The highest BCUT2D eigenvalue weighted by molar-refractivity contribution is 5.90. The van der Waals surface area contributed by atoms with Gasteiger partial charge in [-0.2, -0.15) is 0 Å². The Morgan fingerprint density at radius 1 is 1.04 bits per heavy atom. The monoisotopic (exact) mass is 376 g/mol. The van der Waals surface area contributed by atoms with E-state index in [2.05, 4.69) is 16.4 Å². The molecule has 28 heavy (non-hydrogen) atoms. The van der Waals surface area contributed by atoms with E-state index < -0.39 is 0 Å². The number of likely N-dealkylation sites (tertiary alicyclic amines) is 1. The summed E-state index contributed by atoms with van der Waals surface area (Å²) < 4.78 is 1.86. The van der Waals surface area contributed by atoms with Crippen LogP contribution in [-0.4, -0.2) is 33.6 Å². The van der Waals surface area contributed by atoms with Gasteiger partial charge < -0.3 is 15.2 Å². The minimum atomic E-state index is -0.0658. The zero-order chi connectivity index (χ0) is 19.1. The second-order valence-corrected chi connectivity index (χ2v) is 7.76. The van der Waals surface area contributed by atoms with Crippen molar-refractivity contribution >= 4 is 22.8 Å². The number of aromatic nitrogens is 2. The van der Waals surface area contributed by atoms with Gasteiger partial charge in [0, 0.05) is 24.8 Å². The van der Waals surface area contributed by atoms with E-state index in [1.165, 1.54) is 11.1 Å². The number of H-pyrrole nitrogens is 1. The lowest BCUT2D eigenvalue weighted by Crippen LogP contribution is -2.42. The minimum absolute atomic E-state index is 0.0370. The largest absolute Gasteiger partial charge is 0.326 e. The maximum atomic E-state index is 12.8. The minimum Gasteiger partial charge on any atom is -0.324 e. The number of imidazole rings is 1. The molecule has 0 unspecified atom stereocenters. The van der Waals surface area contributed by atoms with Crippen LogP contribution in [0.25, 0.3) is 11.0 Å². The molecule has 1 aliphatic carbocycles. The third-order valence-electron chi connectivity index (χ3n) is 6.13. The van der Waals surface area contributed by atoms with Crippen molar-refractivity contribution in [2.75, 3.05) is 18.4 Å². The zero-order valence-electron chi connectivity index (χ0n) is 15.8. The molecule has 1 saturated heterocycles. The number of carbonyl (C=O) groups is 1. The number of aromatic amines is 1. The molecule has 2 amide bonds. The molecule has 0 spiro atoms. The second kappa shape index (κ2) is 6.86. The number of aryl methyl sites for hydroxylation is 1. The van der Waals surface area contributed by atoms with Crippen LogP contribution < -0.4 is 11.0 Å². The average Bonchev–Trinajstić information content (AvgIpc) is 3.32. The first-order chi connectivity index (χ1) is 13.7. The van der Waals surface area contributed by atoms with Crippen LogP contribution in [0.3, 0.4) is 0 Å². The van der Waals surface area contributed by atoms with E-state index in [4.69, 9.17) is 0 Å². The lowest BCUT2D eigenvalue weighted by Gasteiger charge is -2.32. The summed E-state index contributed by atoms with van der Waals surface area (Å²) in [5.41, 5.74) is 5.34. The van der Waals surface area contributed by atoms with Crippen LogP contribution in [0.4, 0.5) is 10.5 Å². The highest BCUT2D eigenvalue weighted by Crippen LogP contribution is 2.30. The van der Waals surface area contributed by atoms with E-state index in [1.54, 1.807) is 0 Å². The number of para-hydroxylation sites is 2. The molecule has 2 heterocycles. The van der Waals surface area contributed by atoms with E-state index in [1.807, 2.05) is 45.9 Å². The predicted octanol–water partition coefficient (Wildman–Crippen LogP) is 3.69. The Bertz CT molecular complexity index is 1090. The van der Waals surface area contributed by atoms with Gasteiger partial charge in [0.25, 0.3) is 0 Å². The molecule has 144 valence electrons. The van der Waals surface area contributed by atoms with Crippen LogP contribution in [0.15, 0.2) is 47.3 Å². The molecule has 6 heteroatoms. The number of fused-ring (bicyclic) bond motifs is 2. The van der Waals surface area contributed by atoms with Gasteiger partial charge in [0.05, 0.1) is 11.0 Å². The number of amides is 2. The van der Waals surface area contributed by atoms with Crippen LogP contribution in [-0.2, 0) is 12.8 Å². The molecule has 2 aliphatic rings. The summed E-state index contributed by atoms with van der Waals surface area (Å²) in [4.78, 5) is 30.0. The number of benzene rings is 2. The molecule has 3 aromatic rings. The lowest BCUT2D eigenvalue weighted by atomic mass is 10.0. The Morgan fingerprint density at radius 3 is 2.71 bits per heavy atom. The zero-order valence-corrected chi connectivity index (χ0v) is 15.8. The summed E-state index contributed by atoms with van der Waals surface area (Å²) in [5, 5.41) is 3.11. The van der Waals surface area contributed by atoms with Crippen molar-refractivity contribution in [1.82, 2.24) is 14.5 Å². The van der Waals surface area contributed by atoms with E-state index in [0.29, 0.717) is 13.1 Å². The fourth-order valence-corrected chi connectivity index (χ4v) is 4.69. The van der Waals surface area contributed by atoms with E-state index in [-0.39, 0.29) is 17.8 Å². The molecule has 5 rings (SSSR count). The number of urea groups is 1. The lowest BCUT2D eigenvalue weighted by molar-refractivity contribution is 0.184. The number of anilines is 1. The van der Waals surface area contributed by atoms with Gasteiger partial charge in [-0.15, -0.1) is 0 Å². The van der Waals surface area contributed by atoms with Gasteiger partial charge in [-0.05, 0) is 61.4 Å². The van der Waals surface area contributed by atoms with Crippen LogP contribution in [0.5, 0.6) is 0 Å². The van der Waals surface area contributed by atoms with Crippen LogP contribution in [0, 0.1) is 0 Å². The smallest absolute Gasteiger partial charge is 0.324 e. The molecule has 1 aromatic heterocycles. The third-order valence-corrected chi connectivity index (χ3v) is 6.13. The molecule has 0 radical (unpaired) electrons. The predicted molar refractivity (Wildman–Crippen MR) is 110 cm³/mol. The van der Waals surface area contributed by atoms with Gasteiger partial charge in [-0.1, -0.05) is 24.3 Å². The molecule has 0 atom stereocenters. The van der Waals surface area contributed by atoms with E-state index in [0.717, 1.165) is 48.8 Å². The molecule has 6 nitrogen and oxygen atoms in total. The van der Waals surface area contributed by atoms with Gasteiger partial charge in [0.15, 0.2) is 0 Å². The highest BCUT2D eigenvalue weighted by atomic mass is 16.2. The third kappa shape index (κ3) is 2.89. The van der Waals surface area contributed by atoms with Crippen molar-refractivity contribution in [3.63, 3.8) is 0 Å². The first kappa shape index (κ1) is 17.1. The number of nitrogens with zero attached hydrogens (tertiary/aromatic N) is 2. The summed E-state index contributed by atoms with van der Waals surface area (Å²) in [7, 11) is 0. The number of hydrogen-bond acceptors (Lipinski definition) is 2. The molecule has 2 aromatic carbocycles. The fourth-order valence-electron chi connectivity index (χ4n) is 4.69. The maximum Gasteiger partial charge on any atom is 0.326 e. The fraction of sp³-hybridized carbons (Fsp3) is 0.364. The number of rotatable bonds is 2. The Hall–Kier alpha value is -3.02. The average molecular weight is 376 g/mol. The van der Waals surface area contributed by atoms with Crippen molar-refractivity contribution in [2.45, 2.75) is 38.1 Å². The molecule has 2 N–H and O–H groups in total. The first-order valence-corrected chi connectivity index (χ1v) is 10.1. The van der Waals surface area contributed by atoms with Gasteiger partial charge in [-0.25, -0.2) is 9.59 Å². The summed E-state index contributed by atoms with van der Waals surface area (Å²) in [6.07, 6.45) is 4.86. The molecule has 0 saturated carbocycles. The Kier molecular flexibility index (Phi) is 4.19. The van der Waals surface area contributed by atoms with Crippen LogP contribution in [0.2, 0.25) is 0 Å². The van der Waals surface area contributed by atoms with Gasteiger partial charge >= 0.3 is 11.7 Å². The van der Waals surface area contributed by atoms with E-state index >= 15 is 0 Å².